The summed E-state index contributed by atoms with van der Waals surface area (Å²) in [4.78, 5) is 15.6. The lowest BCUT2D eigenvalue weighted by Gasteiger charge is -2.42. The molecule has 5 aromatic rings. The van der Waals surface area contributed by atoms with Crippen LogP contribution in [0.25, 0.3) is 0 Å². The molecule has 0 amide bonds. The fourth-order valence-corrected chi connectivity index (χ4v) is 5.76. The third-order valence-corrected chi connectivity index (χ3v) is 7.71. The fraction of sp³-hybridized carbons (Fsp3) is 0.162. The molecule has 1 aliphatic rings. The van der Waals surface area contributed by atoms with Gasteiger partial charge in [-0.25, -0.2) is 4.79 Å². The van der Waals surface area contributed by atoms with Gasteiger partial charge in [0.05, 0.1) is 18.2 Å². The highest BCUT2D eigenvalue weighted by Crippen LogP contribution is 2.50. The van der Waals surface area contributed by atoms with Gasteiger partial charge >= 0.3 is 5.97 Å². The Balaban J connectivity index is 1.48. The number of esters is 1. The maximum absolute atomic E-state index is 13.5. The topological polar surface area (TPSA) is 50.8 Å². The van der Waals surface area contributed by atoms with E-state index < -0.39 is 5.72 Å². The number of fused-ring (bicyclic) bond motifs is 1. The van der Waals surface area contributed by atoms with Crippen LogP contribution in [-0.4, -0.2) is 12.6 Å². The number of carbonyl (C=O) groups is 1. The van der Waals surface area contributed by atoms with E-state index in [4.69, 9.17) is 9.47 Å². The number of hydrogen-bond acceptors (Lipinski definition) is 5. The standard InChI is InChI=1S/C37H34N2O3/c1-3-35(27-13-7-5-8-14-27)38-29-21-19-28(20-22-29)37(34-18-12-11-17-33(34)36(40)42-37)39(30-15-9-6-10-16-30)31-23-25-32(26-24-31)41-4-2/h5-26,35,38H,3-4H2,1-2H3. The molecule has 0 saturated heterocycles. The minimum atomic E-state index is -1.23. The van der Waals surface area contributed by atoms with Gasteiger partial charge in [0.15, 0.2) is 0 Å². The molecule has 5 aromatic carbocycles. The van der Waals surface area contributed by atoms with E-state index in [1.54, 1.807) is 0 Å². The molecule has 5 heteroatoms. The van der Waals surface area contributed by atoms with Crippen molar-refractivity contribution in [3.63, 3.8) is 0 Å². The number of cyclic esters (lactones) is 1. The molecule has 0 aromatic heterocycles. The summed E-state index contributed by atoms with van der Waals surface area (Å²) in [6.45, 7) is 4.73. The number of hydrogen-bond donors (Lipinski definition) is 1. The van der Waals surface area contributed by atoms with E-state index in [0.717, 1.165) is 40.4 Å². The van der Waals surface area contributed by atoms with Crippen molar-refractivity contribution in [3.8, 4) is 5.75 Å². The molecule has 0 fully saturated rings. The van der Waals surface area contributed by atoms with Crippen molar-refractivity contribution in [1.82, 2.24) is 0 Å². The highest BCUT2D eigenvalue weighted by molar-refractivity contribution is 5.96. The Kier molecular flexibility index (Phi) is 7.65. The quantitative estimate of drug-likeness (QED) is 0.175. The third kappa shape index (κ3) is 4.99. The van der Waals surface area contributed by atoms with E-state index >= 15 is 0 Å². The van der Waals surface area contributed by atoms with Crippen LogP contribution >= 0.6 is 0 Å². The Morgan fingerprint density at radius 1 is 0.738 bits per heavy atom. The zero-order chi connectivity index (χ0) is 28.9. The average molecular weight is 555 g/mol. The van der Waals surface area contributed by atoms with Crippen LogP contribution in [0.1, 0.15) is 53.4 Å². The molecule has 0 bridgehead atoms. The summed E-state index contributed by atoms with van der Waals surface area (Å²) < 4.78 is 12.2. The van der Waals surface area contributed by atoms with Gasteiger partial charge in [0.2, 0.25) is 5.72 Å². The number of nitrogens with one attached hydrogen (secondary N) is 1. The highest BCUT2D eigenvalue weighted by atomic mass is 16.6. The van der Waals surface area contributed by atoms with Crippen molar-refractivity contribution < 1.29 is 14.3 Å². The van der Waals surface area contributed by atoms with Crippen LogP contribution in [0.5, 0.6) is 5.75 Å². The van der Waals surface area contributed by atoms with Crippen LogP contribution in [0.4, 0.5) is 17.1 Å². The van der Waals surface area contributed by atoms with Crippen LogP contribution in [0, 0.1) is 0 Å². The van der Waals surface area contributed by atoms with Crippen molar-refractivity contribution in [2.75, 3.05) is 16.8 Å². The largest absolute Gasteiger partial charge is 0.494 e. The van der Waals surface area contributed by atoms with Crippen LogP contribution in [0.15, 0.2) is 133 Å². The van der Waals surface area contributed by atoms with Gasteiger partial charge in [0, 0.05) is 28.2 Å². The number of para-hydroxylation sites is 1. The number of benzene rings is 5. The lowest BCUT2D eigenvalue weighted by Crippen LogP contribution is -2.45. The Labute approximate surface area is 247 Å². The molecule has 5 nitrogen and oxygen atoms in total. The molecule has 2 unspecified atom stereocenters. The second kappa shape index (κ2) is 11.8. The van der Waals surface area contributed by atoms with Gasteiger partial charge in [0.1, 0.15) is 5.75 Å². The Morgan fingerprint density at radius 2 is 1.36 bits per heavy atom. The first-order valence-corrected chi connectivity index (χ1v) is 14.5. The summed E-state index contributed by atoms with van der Waals surface area (Å²) in [7, 11) is 0. The van der Waals surface area contributed by atoms with Crippen LogP contribution < -0.4 is 15.0 Å². The second-order valence-corrected chi connectivity index (χ2v) is 10.3. The Hall–Kier alpha value is -5.03. The number of nitrogens with zero attached hydrogens (tertiary/aromatic N) is 1. The van der Waals surface area contributed by atoms with Gasteiger partial charge in [-0.1, -0.05) is 85.8 Å². The zero-order valence-corrected chi connectivity index (χ0v) is 23.9. The number of rotatable bonds is 10. The molecule has 0 radical (unpaired) electrons. The molecule has 1 heterocycles. The van der Waals surface area contributed by atoms with Crippen molar-refractivity contribution in [2.24, 2.45) is 0 Å². The maximum Gasteiger partial charge on any atom is 0.341 e. The van der Waals surface area contributed by atoms with Gasteiger partial charge in [-0.15, -0.1) is 0 Å². The zero-order valence-electron chi connectivity index (χ0n) is 23.9. The van der Waals surface area contributed by atoms with E-state index in [0.29, 0.717) is 12.2 Å². The molecular weight excluding hydrogens is 520 g/mol. The van der Waals surface area contributed by atoms with Crippen LogP contribution in [0.2, 0.25) is 0 Å². The summed E-state index contributed by atoms with van der Waals surface area (Å²) in [5.41, 5.74) is 4.96. The molecular formula is C37H34N2O3. The molecule has 1 N–H and O–H groups in total. The van der Waals surface area contributed by atoms with Crippen molar-refractivity contribution in [2.45, 2.75) is 32.0 Å². The normalized spacial score (nSPS) is 16.3. The molecule has 210 valence electrons. The molecule has 0 saturated carbocycles. The molecule has 0 aliphatic carbocycles. The van der Waals surface area contributed by atoms with E-state index in [-0.39, 0.29) is 12.0 Å². The monoisotopic (exact) mass is 554 g/mol. The smallest absolute Gasteiger partial charge is 0.341 e. The first kappa shape index (κ1) is 27.2. The van der Waals surface area contributed by atoms with Crippen LogP contribution in [0.3, 0.4) is 0 Å². The summed E-state index contributed by atoms with van der Waals surface area (Å²) in [6.07, 6.45) is 0.945. The first-order valence-electron chi connectivity index (χ1n) is 14.5. The minimum Gasteiger partial charge on any atom is -0.494 e. The average Bonchev–Trinajstić information content (AvgIpc) is 3.35. The minimum absolute atomic E-state index is 0.181. The summed E-state index contributed by atoms with van der Waals surface area (Å²) in [5, 5.41) is 3.68. The summed E-state index contributed by atoms with van der Waals surface area (Å²) in [6, 6.07) is 44.5. The lowest BCUT2D eigenvalue weighted by atomic mass is 9.90. The molecule has 6 rings (SSSR count). The van der Waals surface area contributed by atoms with E-state index in [1.165, 1.54) is 5.56 Å². The van der Waals surface area contributed by atoms with Gasteiger partial charge in [0.25, 0.3) is 0 Å². The lowest BCUT2D eigenvalue weighted by molar-refractivity contribution is 0.0134. The number of carbonyl (C=O) groups excluding carboxylic acids is 1. The predicted molar refractivity (Wildman–Crippen MR) is 168 cm³/mol. The predicted octanol–water partition coefficient (Wildman–Crippen LogP) is 8.86. The molecule has 2 atom stereocenters. The highest BCUT2D eigenvalue weighted by Gasteiger charge is 2.52. The van der Waals surface area contributed by atoms with Crippen molar-refractivity contribution >= 4 is 23.0 Å². The fourth-order valence-electron chi connectivity index (χ4n) is 5.76. The van der Waals surface area contributed by atoms with E-state index in [9.17, 15) is 4.79 Å². The maximum atomic E-state index is 13.5. The molecule has 0 spiro atoms. The SMILES string of the molecule is CCOc1ccc(N(c2ccccc2)C2(c3ccc(NC(CC)c4ccccc4)cc3)OC(=O)c3ccccc32)cc1. The van der Waals surface area contributed by atoms with E-state index in [2.05, 4.69) is 65.7 Å². The summed E-state index contributed by atoms with van der Waals surface area (Å²) in [5.74, 6) is 0.432. The summed E-state index contributed by atoms with van der Waals surface area (Å²) >= 11 is 0. The first-order chi connectivity index (χ1) is 20.6. The number of anilines is 3. The van der Waals surface area contributed by atoms with Crippen molar-refractivity contribution in [3.05, 3.63) is 156 Å². The number of ether oxygens (including phenoxy) is 2. The Bertz CT molecular complexity index is 1640. The second-order valence-electron chi connectivity index (χ2n) is 10.3. The van der Waals surface area contributed by atoms with Gasteiger partial charge in [-0.2, -0.15) is 0 Å². The van der Waals surface area contributed by atoms with Gasteiger partial charge in [-0.3, -0.25) is 4.90 Å². The Morgan fingerprint density at radius 3 is 2.02 bits per heavy atom. The van der Waals surface area contributed by atoms with Gasteiger partial charge in [-0.05, 0) is 73.5 Å². The molecule has 1 aliphatic heterocycles. The molecule has 42 heavy (non-hydrogen) atoms. The third-order valence-electron chi connectivity index (χ3n) is 7.71. The van der Waals surface area contributed by atoms with Crippen molar-refractivity contribution in [1.29, 1.82) is 0 Å². The van der Waals surface area contributed by atoms with E-state index in [1.807, 2.05) is 91.9 Å². The van der Waals surface area contributed by atoms with Crippen LogP contribution in [-0.2, 0) is 10.5 Å². The van der Waals surface area contributed by atoms with Gasteiger partial charge < -0.3 is 14.8 Å².